The molecule has 0 radical (unpaired) electrons. The number of methoxy groups -OCH3 is 1. The van der Waals surface area contributed by atoms with E-state index in [1.165, 1.54) is 0 Å². The normalized spacial score (nSPS) is 11.2. The van der Waals surface area contributed by atoms with E-state index in [1.54, 1.807) is 7.11 Å². The lowest BCUT2D eigenvalue weighted by molar-refractivity contribution is 0.0529. The van der Waals surface area contributed by atoms with Crippen molar-refractivity contribution < 1.29 is 19.0 Å². The van der Waals surface area contributed by atoms with Gasteiger partial charge in [-0.1, -0.05) is 6.07 Å². The summed E-state index contributed by atoms with van der Waals surface area (Å²) in [6.07, 6.45) is -0.432. The van der Waals surface area contributed by atoms with Crippen LogP contribution in [-0.4, -0.2) is 51.0 Å². The summed E-state index contributed by atoms with van der Waals surface area (Å²) in [5.74, 6) is 2.08. The van der Waals surface area contributed by atoms with Crippen LogP contribution >= 0.6 is 24.0 Å². The number of guanidine groups is 1. The molecule has 0 fully saturated rings. The first-order valence-electron chi connectivity index (χ1n) is 9.57. The van der Waals surface area contributed by atoms with Gasteiger partial charge in [-0.05, 0) is 52.3 Å². The molecule has 8 nitrogen and oxygen atoms in total. The fourth-order valence-corrected chi connectivity index (χ4v) is 2.26. The summed E-state index contributed by atoms with van der Waals surface area (Å²) in [6, 6.07) is 5.76. The van der Waals surface area contributed by atoms with Gasteiger partial charge in [-0.2, -0.15) is 0 Å². The molecule has 29 heavy (non-hydrogen) atoms. The highest BCUT2D eigenvalue weighted by atomic mass is 127. The Labute approximate surface area is 191 Å². The number of rotatable bonds is 9. The Balaban J connectivity index is 0.00000784. The van der Waals surface area contributed by atoms with E-state index >= 15 is 0 Å². The summed E-state index contributed by atoms with van der Waals surface area (Å²) in [5.41, 5.74) is 0.500. The summed E-state index contributed by atoms with van der Waals surface area (Å²) >= 11 is 0. The van der Waals surface area contributed by atoms with Crippen molar-refractivity contribution in [2.75, 3.05) is 33.4 Å². The molecule has 0 spiro atoms. The summed E-state index contributed by atoms with van der Waals surface area (Å²) in [6.45, 7) is 12.2. The van der Waals surface area contributed by atoms with Crippen LogP contribution in [-0.2, 0) is 11.3 Å². The number of nitrogens with zero attached hydrogens (tertiary/aromatic N) is 1. The smallest absolute Gasteiger partial charge is 0.407 e. The van der Waals surface area contributed by atoms with Crippen molar-refractivity contribution >= 4 is 36.0 Å². The van der Waals surface area contributed by atoms with Crippen LogP contribution in [0.4, 0.5) is 4.79 Å². The van der Waals surface area contributed by atoms with Crippen LogP contribution in [0.1, 0.15) is 40.2 Å². The number of benzene rings is 1. The lowest BCUT2D eigenvalue weighted by Crippen LogP contribution is -2.42. The largest absolute Gasteiger partial charge is 0.493 e. The van der Waals surface area contributed by atoms with Crippen LogP contribution in [0.2, 0.25) is 0 Å². The SMILES string of the molecule is CCNC(=NCc1ccc(OC)c(OCC)c1)NCCNC(=O)OC(C)(C)C.I. The minimum atomic E-state index is -0.507. The maximum Gasteiger partial charge on any atom is 0.407 e. The Morgan fingerprint density at radius 3 is 2.34 bits per heavy atom. The maximum atomic E-state index is 11.6. The van der Waals surface area contributed by atoms with E-state index in [0.717, 1.165) is 12.1 Å². The first-order chi connectivity index (χ1) is 13.3. The molecule has 0 saturated heterocycles. The second-order valence-electron chi connectivity index (χ2n) is 6.97. The molecule has 1 aromatic carbocycles. The van der Waals surface area contributed by atoms with E-state index in [9.17, 15) is 4.79 Å². The van der Waals surface area contributed by atoms with Gasteiger partial charge in [0.25, 0.3) is 0 Å². The van der Waals surface area contributed by atoms with Gasteiger partial charge >= 0.3 is 6.09 Å². The second kappa shape index (κ2) is 14.1. The van der Waals surface area contributed by atoms with Crippen molar-refractivity contribution in [2.45, 2.75) is 46.8 Å². The van der Waals surface area contributed by atoms with Crippen molar-refractivity contribution in [3.05, 3.63) is 23.8 Å². The Hall–Kier alpha value is -1.91. The van der Waals surface area contributed by atoms with E-state index in [1.807, 2.05) is 52.8 Å². The van der Waals surface area contributed by atoms with Crippen molar-refractivity contribution in [2.24, 2.45) is 4.99 Å². The third-order valence-corrected chi connectivity index (χ3v) is 3.38. The molecular formula is C20H35IN4O4. The van der Waals surface area contributed by atoms with Gasteiger partial charge in [-0.15, -0.1) is 24.0 Å². The number of carbonyl (C=O) groups excluding carboxylic acids is 1. The monoisotopic (exact) mass is 522 g/mol. The van der Waals surface area contributed by atoms with Crippen molar-refractivity contribution in [3.63, 3.8) is 0 Å². The molecule has 3 N–H and O–H groups in total. The molecule has 0 aliphatic carbocycles. The molecule has 9 heteroatoms. The number of hydrogen-bond acceptors (Lipinski definition) is 5. The molecule has 0 aromatic heterocycles. The summed E-state index contributed by atoms with van der Waals surface area (Å²) in [5, 5.41) is 9.07. The molecule has 1 amide bonds. The lowest BCUT2D eigenvalue weighted by atomic mass is 10.2. The number of amides is 1. The fourth-order valence-electron chi connectivity index (χ4n) is 2.26. The lowest BCUT2D eigenvalue weighted by Gasteiger charge is -2.20. The van der Waals surface area contributed by atoms with E-state index in [-0.39, 0.29) is 24.0 Å². The average molecular weight is 522 g/mol. The highest BCUT2D eigenvalue weighted by Crippen LogP contribution is 2.28. The molecule has 0 saturated carbocycles. The highest BCUT2D eigenvalue weighted by molar-refractivity contribution is 14.0. The number of ether oxygens (including phenoxy) is 3. The Morgan fingerprint density at radius 2 is 1.76 bits per heavy atom. The number of halogens is 1. The number of nitrogens with one attached hydrogen (secondary N) is 3. The molecule has 0 aliphatic rings. The van der Waals surface area contributed by atoms with Crippen LogP contribution in [0.5, 0.6) is 11.5 Å². The van der Waals surface area contributed by atoms with Gasteiger partial charge in [0.05, 0.1) is 20.3 Å². The molecule has 0 unspecified atom stereocenters. The zero-order chi connectivity index (χ0) is 21.0. The maximum absolute atomic E-state index is 11.6. The quantitative estimate of drug-likeness (QED) is 0.200. The van der Waals surface area contributed by atoms with E-state index in [4.69, 9.17) is 14.2 Å². The molecular weight excluding hydrogens is 487 g/mol. The van der Waals surface area contributed by atoms with Crippen LogP contribution in [0, 0.1) is 0 Å². The number of carbonyl (C=O) groups is 1. The van der Waals surface area contributed by atoms with Crippen LogP contribution in [0.15, 0.2) is 23.2 Å². The Bertz CT molecular complexity index is 648. The van der Waals surface area contributed by atoms with E-state index < -0.39 is 11.7 Å². The number of hydrogen-bond donors (Lipinski definition) is 3. The van der Waals surface area contributed by atoms with Gasteiger partial charge in [-0.3, -0.25) is 0 Å². The summed E-state index contributed by atoms with van der Waals surface area (Å²) < 4.78 is 16.1. The van der Waals surface area contributed by atoms with Gasteiger partial charge in [0, 0.05) is 19.6 Å². The van der Waals surface area contributed by atoms with Crippen LogP contribution in [0.25, 0.3) is 0 Å². The molecule has 1 rings (SSSR count). The zero-order valence-electron chi connectivity index (χ0n) is 18.3. The highest BCUT2D eigenvalue weighted by Gasteiger charge is 2.15. The molecule has 0 aliphatic heterocycles. The van der Waals surface area contributed by atoms with Gasteiger partial charge in [0.15, 0.2) is 17.5 Å². The van der Waals surface area contributed by atoms with Gasteiger partial charge in [-0.25, -0.2) is 9.79 Å². The Kier molecular flexibility index (Phi) is 13.2. The van der Waals surface area contributed by atoms with Crippen LogP contribution < -0.4 is 25.4 Å². The third kappa shape index (κ3) is 11.6. The average Bonchev–Trinajstić information content (AvgIpc) is 2.62. The van der Waals surface area contributed by atoms with E-state index in [2.05, 4.69) is 20.9 Å². The third-order valence-electron chi connectivity index (χ3n) is 3.38. The second-order valence-corrected chi connectivity index (χ2v) is 6.97. The molecule has 0 heterocycles. The molecule has 166 valence electrons. The van der Waals surface area contributed by atoms with Gasteiger partial charge in [0.1, 0.15) is 5.60 Å². The van der Waals surface area contributed by atoms with Gasteiger partial charge < -0.3 is 30.2 Å². The predicted molar refractivity (Wildman–Crippen MR) is 127 cm³/mol. The topological polar surface area (TPSA) is 93.2 Å². The first-order valence-corrected chi connectivity index (χ1v) is 9.57. The van der Waals surface area contributed by atoms with Crippen molar-refractivity contribution in [1.29, 1.82) is 0 Å². The minimum Gasteiger partial charge on any atom is -0.493 e. The fraction of sp³-hybridized carbons (Fsp3) is 0.600. The van der Waals surface area contributed by atoms with Crippen molar-refractivity contribution in [3.8, 4) is 11.5 Å². The summed E-state index contributed by atoms with van der Waals surface area (Å²) in [4.78, 5) is 16.2. The number of aliphatic imine (C=N–C) groups is 1. The van der Waals surface area contributed by atoms with Crippen molar-refractivity contribution in [1.82, 2.24) is 16.0 Å². The summed E-state index contributed by atoms with van der Waals surface area (Å²) in [7, 11) is 1.62. The van der Waals surface area contributed by atoms with Crippen LogP contribution in [0.3, 0.4) is 0 Å². The Morgan fingerprint density at radius 1 is 1.07 bits per heavy atom. The standard InChI is InChI=1S/C20H34N4O4.HI/c1-7-21-18(22-11-12-23-19(25)28-20(3,4)5)24-14-15-9-10-16(26-6)17(13-15)27-8-2;/h9-10,13H,7-8,11-12,14H2,1-6H3,(H,23,25)(H2,21,22,24);1H. The number of alkyl carbamates (subject to hydrolysis) is 1. The first kappa shape index (κ1) is 27.1. The molecule has 1 aromatic rings. The molecule has 0 bridgehead atoms. The van der Waals surface area contributed by atoms with E-state index in [0.29, 0.717) is 43.7 Å². The predicted octanol–water partition coefficient (Wildman–Crippen LogP) is 3.29. The molecule has 0 atom stereocenters. The minimum absolute atomic E-state index is 0. The zero-order valence-corrected chi connectivity index (χ0v) is 20.6. The van der Waals surface area contributed by atoms with Gasteiger partial charge in [0.2, 0.25) is 0 Å².